The molecule has 2 atom stereocenters. The van der Waals surface area contributed by atoms with Gasteiger partial charge < -0.3 is 14.6 Å². The lowest BCUT2D eigenvalue weighted by Crippen LogP contribution is -2.99. The van der Waals surface area contributed by atoms with E-state index in [4.69, 9.17) is 14.6 Å². The molecule has 1 aliphatic rings. The van der Waals surface area contributed by atoms with Crippen molar-refractivity contribution in [2.75, 3.05) is 0 Å². The molecule has 2 aromatic rings. The molecule has 0 saturated heterocycles. The van der Waals surface area contributed by atoms with Gasteiger partial charge in [0, 0.05) is 29.8 Å². The molecule has 1 aliphatic heterocycles. The van der Waals surface area contributed by atoms with Crippen molar-refractivity contribution in [3.63, 3.8) is 0 Å². The molecule has 0 spiro atoms. The summed E-state index contributed by atoms with van der Waals surface area (Å²) in [6.45, 7) is 0. The number of nitrogens with one attached hydrogen (secondary N) is 2. The summed E-state index contributed by atoms with van der Waals surface area (Å²) in [6.07, 6.45) is 0.985. The summed E-state index contributed by atoms with van der Waals surface area (Å²) in [5.74, 6) is -0.320. The quantitative estimate of drug-likeness (QED) is 0.226. The minimum absolute atomic E-state index is 0.0198. The SMILES string of the molecule is O=S(=O)(O)c1cc([NH+]([O-])O)ccc1C=C1OS(=O)(=O)c2cc([NH+]([O-])O)ccc21. The molecular formula is C14H12N2O10S2. The Morgan fingerprint density at radius 2 is 1.57 bits per heavy atom. The fourth-order valence-corrected chi connectivity index (χ4v) is 4.40. The number of benzene rings is 2. The lowest BCUT2D eigenvalue weighted by molar-refractivity contribution is -0.991. The molecule has 0 aromatic heterocycles. The molecule has 150 valence electrons. The summed E-state index contributed by atoms with van der Waals surface area (Å²) in [7, 11) is -9.18. The minimum Gasteiger partial charge on any atom is -0.595 e. The van der Waals surface area contributed by atoms with E-state index in [0.717, 1.165) is 30.3 Å². The second kappa shape index (κ2) is 6.89. The molecule has 12 nitrogen and oxygen atoms in total. The van der Waals surface area contributed by atoms with Crippen LogP contribution in [0.2, 0.25) is 0 Å². The average molecular weight is 432 g/mol. The van der Waals surface area contributed by atoms with Gasteiger partial charge in [-0.15, -0.1) is 0 Å². The van der Waals surface area contributed by atoms with Gasteiger partial charge in [-0.1, -0.05) is 0 Å². The highest BCUT2D eigenvalue weighted by Gasteiger charge is 2.34. The molecule has 0 fully saturated rings. The molecule has 1 heterocycles. The van der Waals surface area contributed by atoms with Crippen LogP contribution in [0.5, 0.6) is 0 Å². The Balaban J connectivity index is 2.19. The zero-order chi connectivity index (χ0) is 20.9. The highest BCUT2D eigenvalue weighted by atomic mass is 32.2. The maximum absolute atomic E-state index is 12.2. The van der Waals surface area contributed by atoms with E-state index >= 15 is 0 Å². The number of hydrogen-bond acceptors (Lipinski definition) is 9. The second-order valence-electron chi connectivity index (χ2n) is 5.59. The van der Waals surface area contributed by atoms with Crippen LogP contribution in [0, 0.1) is 10.4 Å². The van der Waals surface area contributed by atoms with Crippen molar-refractivity contribution < 1.29 is 46.4 Å². The lowest BCUT2D eigenvalue weighted by Gasteiger charge is -2.13. The smallest absolute Gasteiger partial charge is 0.340 e. The zero-order valence-corrected chi connectivity index (χ0v) is 15.2. The maximum atomic E-state index is 12.2. The van der Waals surface area contributed by atoms with Gasteiger partial charge in [-0.05, 0) is 23.8 Å². The predicted octanol–water partition coefficient (Wildman–Crippen LogP) is -1.04. The Labute approximate surface area is 158 Å². The van der Waals surface area contributed by atoms with E-state index in [9.17, 15) is 31.8 Å². The van der Waals surface area contributed by atoms with Crippen LogP contribution < -0.4 is 10.5 Å². The van der Waals surface area contributed by atoms with Crippen molar-refractivity contribution in [2.45, 2.75) is 9.79 Å². The Kier molecular flexibility index (Phi) is 5.00. The van der Waals surface area contributed by atoms with Crippen molar-refractivity contribution in [1.29, 1.82) is 0 Å². The molecule has 2 unspecified atom stereocenters. The third kappa shape index (κ3) is 3.76. The van der Waals surface area contributed by atoms with Crippen LogP contribution in [0.3, 0.4) is 0 Å². The third-order valence-electron chi connectivity index (χ3n) is 3.79. The van der Waals surface area contributed by atoms with Gasteiger partial charge in [0.2, 0.25) is 0 Å². The largest absolute Gasteiger partial charge is 0.595 e. The molecule has 0 bridgehead atoms. The lowest BCUT2D eigenvalue weighted by atomic mass is 10.1. The first-order valence-electron chi connectivity index (χ1n) is 7.29. The molecule has 0 aliphatic carbocycles. The van der Waals surface area contributed by atoms with E-state index in [1.54, 1.807) is 0 Å². The van der Waals surface area contributed by atoms with E-state index in [1.807, 2.05) is 0 Å². The fraction of sp³-hybridized carbons (Fsp3) is 0. The molecule has 5 N–H and O–H groups in total. The molecule has 0 saturated carbocycles. The van der Waals surface area contributed by atoms with Crippen molar-refractivity contribution in [1.82, 2.24) is 0 Å². The highest BCUT2D eigenvalue weighted by Crippen LogP contribution is 2.38. The fourth-order valence-electron chi connectivity index (χ4n) is 2.53. The van der Waals surface area contributed by atoms with Crippen LogP contribution >= 0.6 is 0 Å². The summed E-state index contributed by atoms with van der Waals surface area (Å²) in [5, 5.41) is 37.2. The predicted molar refractivity (Wildman–Crippen MR) is 90.4 cm³/mol. The number of hydrogen-bond donors (Lipinski definition) is 5. The Hall–Kier alpha value is -2.40. The summed E-state index contributed by atoms with van der Waals surface area (Å²) >= 11 is 0. The van der Waals surface area contributed by atoms with Crippen molar-refractivity contribution in [3.05, 3.63) is 57.9 Å². The molecule has 28 heavy (non-hydrogen) atoms. The van der Waals surface area contributed by atoms with Crippen molar-refractivity contribution in [3.8, 4) is 0 Å². The van der Waals surface area contributed by atoms with Gasteiger partial charge in [-0.25, -0.2) is 10.4 Å². The maximum Gasteiger partial charge on any atom is 0.340 e. The van der Waals surface area contributed by atoms with Gasteiger partial charge >= 0.3 is 10.1 Å². The minimum atomic E-state index is -4.85. The first-order chi connectivity index (χ1) is 12.9. The van der Waals surface area contributed by atoms with Crippen LogP contribution in [0.15, 0.2) is 46.2 Å². The Morgan fingerprint density at radius 1 is 1.00 bits per heavy atom. The van der Waals surface area contributed by atoms with Crippen molar-refractivity contribution in [2.24, 2.45) is 0 Å². The van der Waals surface area contributed by atoms with Crippen LogP contribution in [0.4, 0.5) is 11.4 Å². The molecule has 2 aromatic carbocycles. The Bertz CT molecular complexity index is 1190. The van der Waals surface area contributed by atoms with Gasteiger partial charge in [0.05, 0.1) is 0 Å². The van der Waals surface area contributed by atoms with Gasteiger partial charge in [-0.3, -0.25) is 4.55 Å². The van der Waals surface area contributed by atoms with Gasteiger partial charge in [0.1, 0.15) is 9.79 Å². The molecule has 0 amide bonds. The summed E-state index contributed by atoms with van der Waals surface area (Å²) in [4.78, 5) is -1.19. The summed E-state index contributed by atoms with van der Waals surface area (Å²) < 4.78 is 61.7. The number of rotatable bonds is 4. The van der Waals surface area contributed by atoms with Crippen LogP contribution in [0.1, 0.15) is 11.1 Å². The standard InChI is InChI=1S/C14H12N2O10S2/c17-15(18)9-2-1-8(13(6-9)27(21,22)23)5-12-11-4-3-10(16(19)20)7-14(11)28(24,25)26-12/h1-7,15-17,19H,(H,21,22,23). The third-order valence-corrected chi connectivity index (χ3v) is 5.97. The first-order valence-corrected chi connectivity index (χ1v) is 10.1. The normalized spacial score (nSPS) is 19.1. The van der Waals surface area contributed by atoms with E-state index < -0.39 is 46.2 Å². The van der Waals surface area contributed by atoms with Crippen LogP contribution in [0.25, 0.3) is 11.8 Å². The second-order valence-corrected chi connectivity index (χ2v) is 8.50. The topological polar surface area (TPSA) is 193 Å². The average Bonchev–Trinajstić information content (AvgIpc) is 2.84. The van der Waals surface area contributed by atoms with Crippen LogP contribution in [-0.2, 0) is 24.4 Å². The van der Waals surface area contributed by atoms with Gasteiger partial charge in [-0.2, -0.15) is 27.3 Å². The van der Waals surface area contributed by atoms with Gasteiger partial charge in [0.25, 0.3) is 10.1 Å². The Morgan fingerprint density at radius 3 is 2.14 bits per heavy atom. The molecule has 0 radical (unpaired) electrons. The van der Waals surface area contributed by atoms with E-state index in [0.29, 0.717) is 6.07 Å². The molecular weight excluding hydrogens is 420 g/mol. The van der Waals surface area contributed by atoms with E-state index in [1.165, 1.54) is 6.07 Å². The van der Waals surface area contributed by atoms with Gasteiger partial charge in [0.15, 0.2) is 17.1 Å². The zero-order valence-electron chi connectivity index (χ0n) is 13.6. The first kappa shape index (κ1) is 20.3. The summed E-state index contributed by atoms with van der Waals surface area (Å²) in [6, 6.07) is 6.03. The van der Waals surface area contributed by atoms with E-state index in [-0.39, 0.29) is 22.6 Å². The van der Waals surface area contributed by atoms with E-state index in [2.05, 4.69) is 0 Å². The number of quaternary nitrogens is 2. The summed E-state index contributed by atoms with van der Waals surface area (Å²) in [5.41, 5.74) is -0.959. The molecule has 14 heteroatoms. The highest BCUT2D eigenvalue weighted by molar-refractivity contribution is 7.87. The van der Waals surface area contributed by atoms with Crippen LogP contribution in [-0.4, -0.2) is 31.8 Å². The number of fused-ring (bicyclic) bond motifs is 1. The molecule has 3 rings (SSSR count). The van der Waals surface area contributed by atoms with Crippen molar-refractivity contribution >= 4 is 43.4 Å². The monoisotopic (exact) mass is 432 g/mol.